The van der Waals surface area contributed by atoms with Crippen molar-refractivity contribution in [1.82, 2.24) is 0 Å². The first kappa shape index (κ1) is 11.9. The van der Waals surface area contributed by atoms with E-state index in [2.05, 4.69) is 0 Å². The summed E-state index contributed by atoms with van der Waals surface area (Å²) >= 11 is 19.1. The zero-order valence-corrected chi connectivity index (χ0v) is 10.9. The SMILES string of the molecule is O=C(c1sccc1Cl)c1c(Cl)cccc1Cl. The average Bonchev–Trinajstić information content (AvgIpc) is 2.64. The number of hydrogen-bond donors (Lipinski definition) is 0. The van der Waals surface area contributed by atoms with Crippen LogP contribution in [-0.2, 0) is 0 Å². The summed E-state index contributed by atoms with van der Waals surface area (Å²) < 4.78 is 0. The molecule has 0 saturated carbocycles. The highest BCUT2D eigenvalue weighted by molar-refractivity contribution is 7.13. The van der Waals surface area contributed by atoms with Crippen LogP contribution in [0.4, 0.5) is 0 Å². The predicted molar refractivity (Wildman–Crippen MR) is 69.2 cm³/mol. The van der Waals surface area contributed by atoms with Crippen molar-refractivity contribution in [2.24, 2.45) is 0 Å². The fourth-order valence-corrected chi connectivity index (χ4v) is 2.94. The summed E-state index contributed by atoms with van der Waals surface area (Å²) in [7, 11) is 0. The topological polar surface area (TPSA) is 17.1 Å². The second-order valence-electron chi connectivity index (χ2n) is 3.02. The van der Waals surface area contributed by atoms with Crippen LogP contribution < -0.4 is 0 Å². The highest BCUT2D eigenvalue weighted by Crippen LogP contribution is 2.31. The predicted octanol–water partition coefficient (Wildman–Crippen LogP) is 4.94. The number of rotatable bonds is 2. The molecule has 0 aliphatic rings. The lowest BCUT2D eigenvalue weighted by Crippen LogP contribution is -2.01. The zero-order valence-electron chi connectivity index (χ0n) is 7.84. The minimum atomic E-state index is -0.240. The molecule has 16 heavy (non-hydrogen) atoms. The molecule has 0 N–H and O–H groups in total. The molecule has 0 spiro atoms. The normalized spacial score (nSPS) is 10.4. The molecule has 0 bridgehead atoms. The van der Waals surface area contributed by atoms with Gasteiger partial charge in [0.05, 0.1) is 25.5 Å². The van der Waals surface area contributed by atoms with Crippen LogP contribution in [0.5, 0.6) is 0 Å². The molecular formula is C11H5Cl3OS. The molecule has 0 aliphatic heterocycles. The van der Waals surface area contributed by atoms with E-state index in [0.717, 1.165) is 0 Å². The van der Waals surface area contributed by atoms with Crippen LogP contribution in [0.3, 0.4) is 0 Å². The van der Waals surface area contributed by atoms with Gasteiger partial charge in [-0.2, -0.15) is 0 Å². The number of halogens is 3. The van der Waals surface area contributed by atoms with E-state index in [1.807, 2.05) is 0 Å². The van der Waals surface area contributed by atoms with Crippen molar-refractivity contribution in [3.8, 4) is 0 Å². The maximum atomic E-state index is 12.1. The van der Waals surface area contributed by atoms with Gasteiger partial charge in [0.15, 0.2) is 0 Å². The van der Waals surface area contributed by atoms with Crippen molar-refractivity contribution < 1.29 is 4.79 Å². The molecule has 5 heteroatoms. The van der Waals surface area contributed by atoms with Gasteiger partial charge in [-0.3, -0.25) is 4.79 Å². The van der Waals surface area contributed by atoms with Gasteiger partial charge in [0.25, 0.3) is 0 Å². The van der Waals surface area contributed by atoms with Gasteiger partial charge in [0.2, 0.25) is 5.78 Å². The summed E-state index contributed by atoms with van der Waals surface area (Å²) in [5.41, 5.74) is 0.301. The Kier molecular flexibility index (Phi) is 3.55. The molecule has 0 radical (unpaired) electrons. The van der Waals surface area contributed by atoms with Gasteiger partial charge in [0, 0.05) is 0 Å². The van der Waals surface area contributed by atoms with E-state index in [9.17, 15) is 4.79 Å². The lowest BCUT2D eigenvalue weighted by molar-refractivity contribution is 0.104. The Labute approximate surface area is 112 Å². The van der Waals surface area contributed by atoms with E-state index in [1.54, 1.807) is 29.6 Å². The van der Waals surface area contributed by atoms with E-state index in [1.165, 1.54) is 11.3 Å². The summed E-state index contributed by atoms with van der Waals surface area (Å²) in [4.78, 5) is 12.6. The third kappa shape index (κ3) is 2.11. The van der Waals surface area contributed by atoms with Gasteiger partial charge in [-0.1, -0.05) is 40.9 Å². The van der Waals surface area contributed by atoms with Gasteiger partial charge < -0.3 is 0 Å². The number of hydrogen-bond acceptors (Lipinski definition) is 2. The summed E-state index contributed by atoms with van der Waals surface area (Å²) in [6, 6.07) is 6.62. The van der Waals surface area contributed by atoms with Gasteiger partial charge in [-0.05, 0) is 23.6 Å². The van der Waals surface area contributed by atoms with Crippen molar-refractivity contribution >= 4 is 51.9 Å². The van der Waals surface area contributed by atoms with E-state index >= 15 is 0 Å². The Bertz CT molecular complexity index is 528. The van der Waals surface area contributed by atoms with E-state index in [-0.39, 0.29) is 5.78 Å². The van der Waals surface area contributed by atoms with Crippen LogP contribution in [0.15, 0.2) is 29.6 Å². The highest BCUT2D eigenvalue weighted by atomic mass is 35.5. The molecule has 0 unspecified atom stereocenters. The number of benzene rings is 1. The largest absolute Gasteiger partial charge is 0.288 e. The molecule has 2 rings (SSSR count). The fraction of sp³-hybridized carbons (Fsp3) is 0. The smallest absolute Gasteiger partial charge is 0.207 e. The van der Waals surface area contributed by atoms with Crippen LogP contribution in [0, 0.1) is 0 Å². The lowest BCUT2D eigenvalue weighted by Gasteiger charge is -2.04. The van der Waals surface area contributed by atoms with E-state index in [4.69, 9.17) is 34.8 Å². The van der Waals surface area contributed by atoms with Crippen molar-refractivity contribution in [3.05, 3.63) is 55.2 Å². The minimum Gasteiger partial charge on any atom is -0.288 e. The second kappa shape index (κ2) is 4.76. The molecule has 1 heterocycles. The second-order valence-corrected chi connectivity index (χ2v) is 5.16. The Morgan fingerprint density at radius 1 is 1.00 bits per heavy atom. The maximum absolute atomic E-state index is 12.1. The molecule has 82 valence electrons. The molecule has 0 fully saturated rings. The Hall–Kier alpha value is -0.540. The Morgan fingerprint density at radius 3 is 2.12 bits per heavy atom. The first-order chi connectivity index (χ1) is 7.61. The third-order valence-corrected chi connectivity index (χ3v) is 3.98. The molecule has 0 amide bonds. The minimum absolute atomic E-state index is 0.240. The molecular weight excluding hydrogens is 287 g/mol. The van der Waals surface area contributed by atoms with Crippen LogP contribution in [0.25, 0.3) is 0 Å². The molecule has 1 aromatic heterocycles. The molecule has 0 aliphatic carbocycles. The maximum Gasteiger partial charge on any atom is 0.207 e. The number of carbonyl (C=O) groups is 1. The van der Waals surface area contributed by atoms with Gasteiger partial charge in [-0.15, -0.1) is 11.3 Å². The molecule has 2 aromatic rings. The molecule has 0 saturated heterocycles. The van der Waals surface area contributed by atoms with Crippen molar-refractivity contribution in [2.45, 2.75) is 0 Å². The van der Waals surface area contributed by atoms with Gasteiger partial charge in [0.1, 0.15) is 0 Å². The Morgan fingerprint density at radius 2 is 1.62 bits per heavy atom. The standard InChI is InChI=1S/C11H5Cl3OS/c12-6-2-1-3-7(13)9(6)10(15)11-8(14)4-5-16-11/h1-5H. The third-order valence-electron chi connectivity index (χ3n) is 2.01. The number of carbonyl (C=O) groups excluding carboxylic acids is 1. The first-order valence-corrected chi connectivity index (χ1v) is 6.34. The summed E-state index contributed by atoms with van der Waals surface area (Å²) in [6.07, 6.45) is 0. The first-order valence-electron chi connectivity index (χ1n) is 4.33. The van der Waals surface area contributed by atoms with Crippen LogP contribution >= 0.6 is 46.1 Å². The van der Waals surface area contributed by atoms with Crippen LogP contribution in [-0.4, -0.2) is 5.78 Å². The molecule has 1 nitrogen and oxygen atoms in total. The quantitative estimate of drug-likeness (QED) is 0.716. The number of thiophene rings is 1. The average molecular weight is 292 g/mol. The van der Waals surface area contributed by atoms with Gasteiger partial charge >= 0.3 is 0 Å². The van der Waals surface area contributed by atoms with Crippen LogP contribution in [0.2, 0.25) is 15.1 Å². The summed E-state index contributed by atoms with van der Waals surface area (Å²) in [5.74, 6) is -0.240. The van der Waals surface area contributed by atoms with E-state index < -0.39 is 0 Å². The van der Waals surface area contributed by atoms with E-state index in [0.29, 0.717) is 25.5 Å². The molecule has 0 atom stereocenters. The van der Waals surface area contributed by atoms with Crippen LogP contribution in [0.1, 0.15) is 15.2 Å². The summed E-state index contributed by atoms with van der Waals surface area (Å²) in [6.45, 7) is 0. The monoisotopic (exact) mass is 290 g/mol. The molecule has 1 aromatic carbocycles. The zero-order chi connectivity index (χ0) is 11.7. The highest BCUT2D eigenvalue weighted by Gasteiger charge is 2.19. The number of ketones is 1. The van der Waals surface area contributed by atoms with Crippen molar-refractivity contribution in [2.75, 3.05) is 0 Å². The van der Waals surface area contributed by atoms with Gasteiger partial charge in [-0.25, -0.2) is 0 Å². The summed E-state index contributed by atoms with van der Waals surface area (Å²) in [5, 5.41) is 2.84. The lowest BCUT2D eigenvalue weighted by atomic mass is 10.1. The van der Waals surface area contributed by atoms with Crippen molar-refractivity contribution in [1.29, 1.82) is 0 Å². The van der Waals surface area contributed by atoms with Crippen molar-refractivity contribution in [3.63, 3.8) is 0 Å². The fourth-order valence-electron chi connectivity index (χ4n) is 1.28. The Balaban J connectivity index is 2.54.